The van der Waals surface area contributed by atoms with E-state index in [9.17, 15) is 27.5 Å². The van der Waals surface area contributed by atoms with Crippen LogP contribution in [0.15, 0.2) is 53.4 Å². The molecule has 0 saturated heterocycles. The van der Waals surface area contributed by atoms with E-state index in [1.54, 1.807) is 0 Å². The molecule has 0 aliphatic heterocycles. The Kier molecular flexibility index (Phi) is 5.94. The fraction of sp³-hybridized carbons (Fsp3) is 0.176. The molecule has 2 aromatic rings. The van der Waals surface area contributed by atoms with Crippen molar-refractivity contribution in [2.24, 2.45) is 0 Å². The van der Waals surface area contributed by atoms with Crippen LogP contribution in [0.3, 0.4) is 0 Å². The third-order valence-corrected chi connectivity index (χ3v) is 5.55. The highest BCUT2D eigenvalue weighted by Crippen LogP contribution is 2.20. The van der Waals surface area contributed by atoms with Gasteiger partial charge in [0.25, 0.3) is 11.8 Å². The molecule has 0 aliphatic rings. The first-order valence-electron chi connectivity index (χ1n) is 7.62. The Morgan fingerprint density at radius 2 is 1.78 bits per heavy atom. The summed E-state index contributed by atoms with van der Waals surface area (Å²) in [5, 5.41) is 20.9. The monoisotopic (exact) mass is 396 g/mol. The molecule has 0 radical (unpaired) electrons. The summed E-state index contributed by atoms with van der Waals surface area (Å²) < 4.78 is 37.8. The number of sulfone groups is 1. The van der Waals surface area contributed by atoms with Crippen LogP contribution in [0.25, 0.3) is 0 Å². The van der Waals surface area contributed by atoms with Gasteiger partial charge in [0, 0.05) is 11.3 Å². The van der Waals surface area contributed by atoms with E-state index in [2.05, 4.69) is 5.32 Å². The number of hydrogen-bond donors (Lipinski definition) is 4. The molecule has 0 fully saturated rings. The molecule has 1 atom stereocenters. The highest BCUT2D eigenvalue weighted by atomic mass is 32.2. The summed E-state index contributed by atoms with van der Waals surface area (Å²) in [5.74, 6) is -3.36. The highest BCUT2D eigenvalue weighted by Gasteiger charge is 2.36. The standard InChI is InChI=1S/C17H17FN2O6S/c1-17(23,16(22)20-24)10-27(25,26)14-7-5-13(6-8-14)19-15(21)11-3-2-4-12(18)9-11/h2-9,23-24H,10H2,1H3,(H,19,21)(H,20,22). The lowest BCUT2D eigenvalue weighted by Crippen LogP contribution is -2.48. The van der Waals surface area contributed by atoms with Crippen LogP contribution >= 0.6 is 0 Å². The second-order valence-electron chi connectivity index (χ2n) is 5.96. The van der Waals surface area contributed by atoms with E-state index < -0.39 is 38.8 Å². The Balaban J connectivity index is 2.14. The minimum absolute atomic E-state index is 0.0951. The second-order valence-corrected chi connectivity index (χ2v) is 7.95. The molecule has 0 saturated carbocycles. The third kappa shape index (κ3) is 5.09. The molecule has 144 valence electrons. The molecule has 10 heteroatoms. The van der Waals surface area contributed by atoms with Gasteiger partial charge in [-0.25, -0.2) is 18.3 Å². The van der Waals surface area contributed by atoms with Gasteiger partial charge >= 0.3 is 0 Å². The number of carbonyl (C=O) groups excluding carboxylic acids is 2. The second kappa shape index (κ2) is 7.82. The van der Waals surface area contributed by atoms with E-state index >= 15 is 0 Å². The number of hydroxylamine groups is 1. The number of carbonyl (C=O) groups is 2. The fourth-order valence-electron chi connectivity index (χ4n) is 2.22. The summed E-state index contributed by atoms with van der Waals surface area (Å²) in [7, 11) is -4.06. The predicted octanol–water partition coefficient (Wildman–Crippen LogP) is 1.11. The summed E-state index contributed by atoms with van der Waals surface area (Å²) in [5.41, 5.74) is -0.772. The molecular formula is C17H17FN2O6S. The summed E-state index contributed by atoms with van der Waals surface area (Å²) in [6.07, 6.45) is 0. The molecule has 0 aromatic heterocycles. The number of rotatable bonds is 6. The molecule has 0 aliphatic carbocycles. The van der Waals surface area contributed by atoms with Gasteiger partial charge in [0.2, 0.25) is 0 Å². The molecule has 4 N–H and O–H groups in total. The molecule has 2 aromatic carbocycles. The average molecular weight is 396 g/mol. The number of anilines is 1. The normalized spacial score (nSPS) is 13.5. The average Bonchev–Trinajstić information content (AvgIpc) is 2.60. The largest absolute Gasteiger partial charge is 0.379 e. The van der Waals surface area contributed by atoms with E-state index in [0.29, 0.717) is 0 Å². The third-order valence-electron chi connectivity index (χ3n) is 3.62. The SMILES string of the molecule is CC(O)(CS(=O)(=O)c1ccc(NC(=O)c2cccc(F)c2)cc1)C(=O)NO. The van der Waals surface area contributed by atoms with E-state index in [-0.39, 0.29) is 16.1 Å². The lowest BCUT2D eigenvalue weighted by atomic mass is 10.1. The van der Waals surface area contributed by atoms with Crippen molar-refractivity contribution >= 4 is 27.3 Å². The number of benzene rings is 2. The topological polar surface area (TPSA) is 133 Å². The fourth-order valence-corrected chi connectivity index (χ4v) is 3.81. The predicted molar refractivity (Wildman–Crippen MR) is 93.4 cm³/mol. The van der Waals surface area contributed by atoms with Crippen LogP contribution in [0.2, 0.25) is 0 Å². The van der Waals surface area contributed by atoms with Gasteiger partial charge in [0.15, 0.2) is 15.4 Å². The molecular weight excluding hydrogens is 379 g/mol. The number of nitrogens with one attached hydrogen (secondary N) is 2. The molecule has 2 amide bonds. The molecule has 0 heterocycles. The van der Waals surface area contributed by atoms with Gasteiger partial charge in [-0.2, -0.15) is 0 Å². The van der Waals surface area contributed by atoms with Crippen LogP contribution in [0.4, 0.5) is 10.1 Å². The minimum Gasteiger partial charge on any atom is -0.379 e. The van der Waals surface area contributed by atoms with Gasteiger partial charge in [-0.15, -0.1) is 0 Å². The van der Waals surface area contributed by atoms with Crippen molar-refractivity contribution in [1.82, 2.24) is 5.48 Å². The van der Waals surface area contributed by atoms with Crippen LogP contribution in [0.5, 0.6) is 0 Å². The van der Waals surface area contributed by atoms with Gasteiger partial charge < -0.3 is 10.4 Å². The van der Waals surface area contributed by atoms with E-state index in [1.165, 1.54) is 47.9 Å². The van der Waals surface area contributed by atoms with E-state index in [1.807, 2.05) is 0 Å². The van der Waals surface area contributed by atoms with Crippen LogP contribution < -0.4 is 10.8 Å². The first-order chi connectivity index (χ1) is 12.5. The van der Waals surface area contributed by atoms with Crippen LogP contribution in [0.1, 0.15) is 17.3 Å². The van der Waals surface area contributed by atoms with Crippen molar-refractivity contribution in [2.45, 2.75) is 17.4 Å². The van der Waals surface area contributed by atoms with Gasteiger partial charge in [-0.05, 0) is 49.4 Å². The Bertz CT molecular complexity index is 958. The van der Waals surface area contributed by atoms with Crippen molar-refractivity contribution in [3.05, 3.63) is 59.9 Å². The van der Waals surface area contributed by atoms with E-state index in [4.69, 9.17) is 5.21 Å². The first kappa shape index (κ1) is 20.5. The summed E-state index contributed by atoms with van der Waals surface area (Å²) in [4.78, 5) is 23.2. The van der Waals surface area contributed by atoms with E-state index in [0.717, 1.165) is 13.0 Å². The maximum atomic E-state index is 13.2. The highest BCUT2D eigenvalue weighted by molar-refractivity contribution is 7.91. The van der Waals surface area contributed by atoms with Crippen molar-refractivity contribution in [2.75, 3.05) is 11.1 Å². The molecule has 0 spiro atoms. The first-order valence-corrected chi connectivity index (χ1v) is 9.27. The maximum Gasteiger partial charge on any atom is 0.276 e. The Morgan fingerprint density at radius 1 is 1.15 bits per heavy atom. The van der Waals surface area contributed by atoms with Crippen LogP contribution in [0, 0.1) is 5.82 Å². The summed E-state index contributed by atoms with van der Waals surface area (Å²) in [6, 6.07) is 10.0. The number of hydrogen-bond acceptors (Lipinski definition) is 6. The Hall–Kier alpha value is -2.82. The number of aliphatic hydroxyl groups is 1. The minimum atomic E-state index is -4.06. The van der Waals surface area contributed by atoms with Gasteiger partial charge in [-0.1, -0.05) is 6.07 Å². The van der Waals surface area contributed by atoms with Crippen LogP contribution in [-0.2, 0) is 14.6 Å². The van der Waals surface area contributed by atoms with Gasteiger partial charge in [0.1, 0.15) is 5.82 Å². The zero-order valence-electron chi connectivity index (χ0n) is 14.1. The molecule has 2 rings (SSSR count). The van der Waals surface area contributed by atoms with Crippen LogP contribution in [-0.4, -0.2) is 41.9 Å². The lowest BCUT2D eigenvalue weighted by molar-refractivity contribution is -0.144. The summed E-state index contributed by atoms with van der Waals surface area (Å²) >= 11 is 0. The van der Waals surface area contributed by atoms with Crippen molar-refractivity contribution in [3.8, 4) is 0 Å². The quantitative estimate of drug-likeness (QED) is 0.427. The number of halogens is 1. The Morgan fingerprint density at radius 3 is 2.33 bits per heavy atom. The zero-order chi connectivity index (χ0) is 20.2. The maximum absolute atomic E-state index is 13.2. The van der Waals surface area contributed by atoms with Crippen molar-refractivity contribution < 1.29 is 32.7 Å². The summed E-state index contributed by atoms with van der Waals surface area (Å²) in [6.45, 7) is 0.948. The molecule has 1 unspecified atom stereocenters. The van der Waals surface area contributed by atoms with Gasteiger partial charge in [0.05, 0.1) is 10.6 Å². The zero-order valence-corrected chi connectivity index (χ0v) is 15.0. The molecule has 8 nitrogen and oxygen atoms in total. The van der Waals surface area contributed by atoms with Gasteiger partial charge in [-0.3, -0.25) is 14.8 Å². The Labute approximate surface area is 154 Å². The lowest BCUT2D eigenvalue weighted by Gasteiger charge is -2.20. The number of amides is 2. The molecule has 27 heavy (non-hydrogen) atoms. The smallest absolute Gasteiger partial charge is 0.276 e. The van der Waals surface area contributed by atoms with Crippen molar-refractivity contribution in [1.29, 1.82) is 0 Å². The molecule has 0 bridgehead atoms. The van der Waals surface area contributed by atoms with Crippen molar-refractivity contribution in [3.63, 3.8) is 0 Å².